The summed E-state index contributed by atoms with van der Waals surface area (Å²) in [5.41, 5.74) is 0. The van der Waals surface area contributed by atoms with E-state index in [1.165, 1.54) is 218 Å². The second kappa shape index (κ2) is 37.4. The monoisotopic (exact) mass is 552 g/mol. The quantitative estimate of drug-likeness (QED) is 0.0706. The highest BCUT2D eigenvalue weighted by Crippen LogP contribution is 2.18. The van der Waals surface area contributed by atoms with Crippen molar-refractivity contribution in [2.45, 2.75) is 226 Å². The number of hydrogen-bond donors (Lipinski definition) is 0. The third-order valence-corrected chi connectivity index (χ3v) is 9.40. The predicted molar refractivity (Wildman–Crippen MR) is 180 cm³/mol. The van der Waals surface area contributed by atoms with Crippen molar-refractivity contribution in [3.05, 3.63) is 5.75 Å². The zero-order valence-electron chi connectivity index (χ0n) is 27.0. The molecule has 0 aromatic carbocycles. The Morgan fingerprint density at radius 3 is 0.816 bits per heavy atom. The summed E-state index contributed by atoms with van der Waals surface area (Å²) in [6.45, 7) is 4.61. The van der Waals surface area contributed by atoms with Gasteiger partial charge in [-0.25, -0.2) is 0 Å². The van der Waals surface area contributed by atoms with E-state index in [1.807, 2.05) is 0 Å². The first-order chi connectivity index (χ1) is 18.9. The van der Waals surface area contributed by atoms with Gasteiger partial charge in [-0.3, -0.25) is 0 Å². The number of unbranched alkanes of at least 4 members (excludes halogenated alkanes) is 31. The zero-order chi connectivity index (χ0) is 27.5. The second-order valence-electron chi connectivity index (χ2n) is 12.4. The van der Waals surface area contributed by atoms with Gasteiger partial charge in [-0.05, 0) is 18.6 Å². The van der Waals surface area contributed by atoms with Crippen LogP contribution >= 0.6 is 11.8 Å². The predicted octanol–water partition coefficient (Wildman–Crippen LogP) is 14.8. The van der Waals surface area contributed by atoms with Crippen LogP contribution < -0.4 is 0 Å². The summed E-state index contributed by atoms with van der Waals surface area (Å²) in [4.78, 5) is 0. The topological polar surface area (TPSA) is 0 Å². The van der Waals surface area contributed by atoms with Gasteiger partial charge in [0.2, 0.25) is 0 Å². The maximum Gasteiger partial charge on any atom is 0.0166 e. The normalized spacial score (nSPS) is 11.5. The van der Waals surface area contributed by atoms with Gasteiger partial charge < -0.3 is 0 Å². The average molecular weight is 552 g/mol. The molecule has 0 aliphatic heterocycles. The molecule has 0 spiro atoms. The minimum absolute atomic E-state index is 1.33. The highest BCUT2D eigenvalue weighted by molar-refractivity contribution is 8.01. The maximum atomic E-state index is 2.50. The Hall–Kier alpha value is 0.350. The van der Waals surface area contributed by atoms with Crippen LogP contribution in [-0.4, -0.2) is 5.75 Å². The van der Waals surface area contributed by atoms with Gasteiger partial charge in [0.05, 0.1) is 0 Å². The second-order valence-corrected chi connectivity index (χ2v) is 13.5. The Morgan fingerprint density at radius 1 is 0.289 bits per heavy atom. The van der Waals surface area contributed by atoms with Crippen molar-refractivity contribution in [2.75, 3.05) is 5.75 Å². The molecule has 0 aromatic rings. The van der Waals surface area contributed by atoms with E-state index < -0.39 is 0 Å². The van der Waals surface area contributed by atoms with Crippen LogP contribution in [0.2, 0.25) is 0 Å². The van der Waals surface area contributed by atoms with Crippen molar-refractivity contribution in [3.8, 4) is 0 Å². The summed E-state index contributed by atoms with van der Waals surface area (Å²) in [5.74, 6) is 3.85. The number of thioether (sulfide) groups is 1. The molecule has 0 amide bonds. The zero-order valence-corrected chi connectivity index (χ0v) is 27.8. The number of rotatable bonds is 35. The molecule has 0 aliphatic rings. The van der Waals surface area contributed by atoms with Crippen molar-refractivity contribution in [1.29, 1.82) is 0 Å². The summed E-state index contributed by atoms with van der Waals surface area (Å²) >= 11 is 2.09. The van der Waals surface area contributed by atoms with Gasteiger partial charge in [0, 0.05) is 5.75 Å². The molecule has 0 heterocycles. The molecule has 0 aliphatic carbocycles. The van der Waals surface area contributed by atoms with Gasteiger partial charge in [0.1, 0.15) is 0 Å². The van der Waals surface area contributed by atoms with E-state index in [9.17, 15) is 0 Å². The molecule has 0 aromatic heterocycles. The lowest BCUT2D eigenvalue weighted by atomic mass is 10.0. The Kier molecular flexibility index (Phi) is 37.7. The van der Waals surface area contributed by atoms with Crippen LogP contribution in [0.25, 0.3) is 0 Å². The van der Waals surface area contributed by atoms with E-state index in [2.05, 4.69) is 31.4 Å². The van der Waals surface area contributed by atoms with Crippen LogP contribution in [0.1, 0.15) is 226 Å². The molecular formula is C37H75S. The van der Waals surface area contributed by atoms with Crippen LogP contribution in [-0.2, 0) is 0 Å². The summed E-state index contributed by atoms with van der Waals surface area (Å²) in [7, 11) is 0. The smallest absolute Gasteiger partial charge is 0.0166 e. The minimum atomic E-state index is 1.33. The van der Waals surface area contributed by atoms with E-state index in [4.69, 9.17) is 0 Å². The molecule has 0 unspecified atom stereocenters. The lowest BCUT2D eigenvalue weighted by Gasteiger charge is -2.04. The summed E-state index contributed by atoms with van der Waals surface area (Å²) in [6, 6.07) is 0. The van der Waals surface area contributed by atoms with E-state index in [-0.39, 0.29) is 0 Å². The lowest BCUT2D eigenvalue weighted by molar-refractivity contribution is 0.516. The van der Waals surface area contributed by atoms with Gasteiger partial charge in [0.25, 0.3) is 0 Å². The molecule has 0 bridgehead atoms. The molecule has 0 atom stereocenters. The molecule has 0 saturated carbocycles. The Balaban J connectivity index is 3.01. The van der Waals surface area contributed by atoms with E-state index in [1.54, 1.807) is 0 Å². The van der Waals surface area contributed by atoms with E-state index in [0.717, 1.165) is 0 Å². The molecule has 0 fully saturated rings. The largest absolute Gasteiger partial charge is 0.157 e. The maximum absolute atomic E-state index is 2.50. The molecule has 229 valence electrons. The third kappa shape index (κ3) is 36.4. The minimum Gasteiger partial charge on any atom is -0.157 e. The standard InChI is InChI=1S/C37H75S/c1-3-5-7-9-11-12-13-14-15-16-17-18-19-20-21-22-23-24-25-26-27-28-29-31-33-35-37-38-36-34-32-30-10-8-6-4-2/h37H,3-36H2,1-2H3. The summed E-state index contributed by atoms with van der Waals surface area (Å²) in [6.07, 6.45) is 48.3. The van der Waals surface area contributed by atoms with Crippen LogP contribution in [0.4, 0.5) is 0 Å². The Morgan fingerprint density at radius 2 is 0.526 bits per heavy atom. The van der Waals surface area contributed by atoms with Crippen LogP contribution in [0.15, 0.2) is 0 Å². The van der Waals surface area contributed by atoms with Crippen LogP contribution in [0, 0.1) is 5.75 Å². The first kappa shape index (κ1) is 38.4. The van der Waals surface area contributed by atoms with Crippen molar-refractivity contribution in [3.63, 3.8) is 0 Å². The molecule has 0 nitrogen and oxygen atoms in total. The Labute approximate surface area is 248 Å². The highest BCUT2D eigenvalue weighted by Gasteiger charge is 1.97. The van der Waals surface area contributed by atoms with Crippen molar-refractivity contribution in [1.82, 2.24) is 0 Å². The average Bonchev–Trinajstić information content (AvgIpc) is 2.93. The van der Waals surface area contributed by atoms with Gasteiger partial charge in [0.15, 0.2) is 0 Å². The fraction of sp³-hybridized carbons (Fsp3) is 0.973. The Bertz CT molecular complexity index is 343. The molecule has 1 heteroatoms. The SMILES string of the molecule is CCCCCCCCCCCCCCCCCCCCCCCCCCC[CH]SCCCCCCCCC. The van der Waals surface area contributed by atoms with Gasteiger partial charge in [-0.2, -0.15) is 11.8 Å². The van der Waals surface area contributed by atoms with Crippen molar-refractivity contribution < 1.29 is 0 Å². The number of hydrogen-bond acceptors (Lipinski definition) is 1. The highest BCUT2D eigenvalue weighted by atomic mass is 32.2. The lowest BCUT2D eigenvalue weighted by Crippen LogP contribution is -1.85. The van der Waals surface area contributed by atoms with Crippen LogP contribution in [0.5, 0.6) is 0 Å². The van der Waals surface area contributed by atoms with Crippen LogP contribution in [0.3, 0.4) is 0 Å². The van der Waals surface area contributed by atoms with Gasteiger partial charge in [-0.1, -0.05) is 213 Å². The van der Waals surface area contributed by atoms with Crippen molar-refractivity contribution in [2.24, 2.45) is 0 Å². The summed E-state index contributed by atoms with van der Waals surface area (Å²) < 4.78 is 0. The third-order valence-electron chi connectivity index (χ3n) is 8.41. The molecule has 0 saturated heterocycles. The van der Waals surface area contributed by atoms with E-state index in [0.29, 0.717) is 0 Å². The summed E-state index contributed by atoms with van der Waals surface area (Å²) in [5, 5.41) is 0. The molecule has 38 heavy (non-hydrogen) atoms. The van der Waals surface area contributed by atoms with Crippen molar-refractivity contribution >= 4 is 11.8 Å². The fourth-order valence-electron chi connectivity index (χ4n) is 5.68. The molecule has 1 radical (unpaired) electrons. The first-order valence-corrected chi connectivity index (χ1v) is 19.4. The molecular weight excluding hydrogens is 476 g/mol. The van der Waals surface area contributed by atoms with Gasteiger partial charge >= 0.3 is 0 Å². The van der Waals surface area contributed by atoms with E-state index >= 15 is 0 Å². The molecule has 0 rings (SSSR count). The fourth-order valence-corrected chi connectivity index (χ4v) is 6.55. The first-order valence-electron chi connectivity index (χ1n) is 18.3. The van der Waals surface area contributed by atoms with Gasteiger partial charge in [-0.15, -0.1) is 0 Å². The molecule has 0 N–H and O–H groups in total.